The first-order valence-corrected chi connectivity index (χ1v) is 17.1. The molecule has 0 saturated carbocycles. The van der Waals surface area contributed by atoms with Crippen LogP contribution in [0, 0.1) is 6.92 Å². The summed E-state index contributed by atoms with van der Waals surface area (Å²) in [7, 11) is 0. The van der Waals surface area contributed by atoms with Crippen LogP contribution >= 0.6 is 0 Å². The molecule has 45 heavy (non-hydrogen) atoms. The summed E-state index contributed by atoms with van der Waals surface area (Å²) in [5.74, 6) is 1.54. The van der Waals surface area contributed by atoms with E-state index in [4.69, 9.17) is 23.7 Å². The van der Waals surface area contributed by atoms with Crippen LogP contribution in [0.25, 0.3) is 11.1 Å². The van der Waals surface area contributed by atoms with Crippen molar-refractivity contribution in [1.82, 2.24) is 0 Å². The van der Waals surface area contributed by atoms with Gasteiger partial charge in [-0.15, -0.1) is 0 Å². The zero-order valence-corrected chi connectivity index (χ0v) is 28.0. The second kappa shape index (κ2) is 21.4. The molecule has 3 aromatic carbocycles. The Labute approximate surface area is 271 Å². The third kappa shape index (κ3) is 13.7. The first-order valence-electron chi connectivity index (χ1n) is 17.1. The second-order valence-electron chi connectivity index (χ2n) is 11.4. The van der Waals surface area contributed by atoms with Crippen molar-refractivity contribution in [2.75, 3.05) is 26.4 Å². The molecule has 3 aromatic rings. The summed E-state index contributed by atoms with van der Waals surface area (Å²) in [5.41, 5.74) is 3.61. The molecule has 0 bridgehead atoms. The summed E-state index contributed by atoms with van der Waals surface area (Å²) in [5, 5.41) is 0. The van der Waals surface area contributed by atoms with Crippen LogP contribution in [-0.4, -0.2) is 38.7 Å². The van der Waals surface area contributed by atoms with E-state index in [-0.39, 0.29) is 6.29 Å². The molecule has 3 rings (SSSR count). The van der Waals surface area contributed by atoms with Gasteiger partial charge in [-0.3, -0.25) is 0 Å². The van der Waals surface area contributed by atoms with Crippen LogP contribution in [0.1, 0.15) is 107 Å². The molecule has 0 fully saturated rings. The van der Waals surface area contributed by atoms with Crippen LogP contribution in [0.4, 0.5) is 0 Å². The number of hydrogen-bond donors (Lipinski definition) is 0. The minimum absolute atomic E-state index is 0.0486. The highest BCUT2D eigenvalue weighted by atomic mass is 16.7. The maximum absolute atomic E-state index is 13.1. The van der Waals surface area contributed by atoms with Gasteiger partial charge in [0.25, 0.3) is 0 Å². The number of benzene rings is 3. The predicted octanol–water partition coefficient (Wildman–Crippen LogP) is 10.3. The van der Waals surface area contributed by atoms with Gasteiger partial charge < -0.3 is 23.7 Å². The van der Waals surface area contributed by atoms with E-state index in [1.54, 1.807) is 6.07 Å². The summed E-state index contributed by atoms with van der Waals surface area (Å²) in [6.07, 6.45) is 12.5. The SMILES string of the molecule is CCCCOc1ccc(-c2ccc(OC(=O)c3ccc(C)cc3OCCCCCCCCCCC(OCC)OCC)cc2)cc1. The zero-order chi connectivity index (χ0) is 32.1. The van der Waals surface area contributed by atoms with Crippen molar-refractivity contribution < 1.29 is 28.5 Å². The Morgan fingerprint density at radius 3 is 1.78 bits per heavy atom. The molecule has 246 valence electrons. The number of aryl methyl sites for hydroxylation is 1. The minimum atomic E-state index is -0.417. The minimum Gasteiger partial charge on any atom is -0.494 e. The summed E-state index contributed by atoms with van der Waals surface area (Å²) < 4.78 is 28.8. The lowest BCUT2D eigenvalue weighted by Crippen LogP contribution is -2.17. The van der Waals surface area contributed by atoms with E-state index in [1.807, 2.05) is 81.4 Å². The maximum atomic E-state index is 13.1. The van der Waals surface area contributed by atoms with Crippen LogP contribution in [0.3, 0.4) is 0 Å². The molecule has 0 heterocycles. The molecule has 0 spiro atoms. The van der Waals surface area contributed by atoms with Crippen molar-refractivity contribution in [3.63, 3.8) is 0 Å². The quantitative estimate of drug-likeness (QED) is 0.0456. The third-order valence-electron chi connectivity index (χ3n) is 7.67. The molecular weight excluding hydrogens is 564 g/mol. The predicted molar refractivity (Wildman–Crippen MR) is 183 cm³/mol. The van der Waals surface area contributed by atoms with E-state index in [2.05, 4.69) is 6.92 Å². The van der Waals surface area contributed by atoms with Gasteiger partial charge in [0.2, 0.25) is 0 Å². The molecule has 6 nitrogen and oxygen atoms in total. The van der Waals surface area contributed by atoms with Crippen LogP contribution in [0.2, 0.25) is 0 Å². The maximum Gasteiger partial charge on any atom is 0.347 e. The number of carbonyl (C=O) groups excluding carboxylic acids is 1. The van der Waals surface area contributed by atoms with Crippen molar-refractivity contribution >= 4 is 5.97 Å². The number of rotatable bonds is 23. The van der Waals surface area contributed by atoms with Crippen molar-refractivity contribution in [1.29, 1.82) is 0 Å². The smallest absolute Gasteiger partial charge is 0.347 e. The molecule has 0 saturated heterocycles. The lowest BCUT2D eigenvalue weighted by Gasteiger charge is -2.16. The van der Waals surface area contributed by atoms with Crippen molar-refractivity contribution in [3.05, 3.63) is 77.9 Å². The average Bonchev–Trinajstić information content (AvgIpc) is 3.04. The fourth-order valence-electron chi connectivity index (χ4n) is 5.12. The number of carbonyl (C=O) groups is 1. The van der Waals surface area contributed by atoms with Gasteiger partial charge in [0, 0.05) is 13.2 Å². The van der Waals surface area contributed by atoms with E-state index in [9.17, 15) is 4.79 Å². The van der Waals surface area contributed by atoms with Crippen molar-refractivity contribution in [3.8, 4) is 28.4 Å². The molecule has 0 atom stereocenters. The lowest BCUT2D eigenvalue weighted by atomic mass is 10.1. The normalized spacial score (nSPS) is 11.1. The van der Waals surface area contributed by atoms with Gasteiger partial charge in [0.1, 0.15) is 22.8 Å². The lowest BCUT2D eigenvalue weighted by molar-refractivity contribution is -0.140. The van der Waals surface area contributed by atoms with Gasteiger partial charge in [0.15, 0.2) is 6.29 Å². The molecular formula is C39H54O6. The monoisotopic (exact) mass is 618 g/mol. The molecule has 6 heteroatoms. The number of esters is 1. The van der Waals surface area contributed by atoms with Crippen LogP contribution in [-0.2, 0) is 9.47 Å². The molecule has 0 N–H and O–H groups in total. The van der Waals surface area contributed by atoms with E-state index in [1.165, 1.54) is 32.1 Å². The summed E-state index contributed by atoms with van der Waals surface area (Å²) in [6.45, 7) is 10.9. The molecule has 0 radical (unpaired) electrons. The first-order chi connectivity index (χ1) is 22.0. The van der Waals surface area contributed by atoms with Crippen LogP contribution in [0.5, 0.6) is 17.2 Å². The standard InChI is InChI=1S/C39H54O6/c1-5-8-28-43-34-23-19-32(20-24-34)33-21-25-35(26-22-33)45-39(40)36-27-18-31(4)30-37(36)44-29-16-14-12-10-9-11-13-15-17-38(41-6-2)42-7-3/h18-27,30,38H,5-17,28-29H2,1-4H3. The van der Waals surface area contributed by atoms with Crippen molar-refractivity contribution in [2.45, 2.75) is 105 Å². The highest BCUT2D eigenvalue weighted by molar-refractivity contribution is 5.94. The summed E-state index contributed by atoms with van der Waals surface area (Å²) in [4.78, 5) is 13.1. The summed E-state index contributed by atoms with van der Waals surface area (Å²) >= 11 is 0. The average molecular weight is 619 g/mol. The molecule has 0 aromatic heterocycles. The Kier molecular flexibility index (Phi) is 17.2. The Morgan fingerprint density at radius 2 is 1.18 bits per heavy atom. The van der Waals surface area contributed by atoms with E-state index < -0.39 is 5.97 Å². The van der Waals surface area contributed by atoms with Gasteiger partial charge >= 0.3 is 5.97 Å². The highest BCUT2D eigenvalue weighted by Crippen LogP contribution is 2.27. The summed E-state index contributed by atoms with van der Waals surface area (Å²) in [6, 6.07) is 21.3. The van der Waals surface area contributed by atoms with Crippen LogP contribution in [0.15, 0.2) is 66.7 Å². The van der Waals surface area contributed by atoms with Gasteiger partial charge in [-0.25, -0.2) is 4.79 Å². The van der Waals surface area contributed by atoms with Gasteiger partial charge in [0.05, 0.1) is 13.2 Å². The van der Waals surface area contributed by atoms with Gasteiger partial charge in [-0.2, -0.15) is 0 Å². The van der Waals surface area contributed by atoms with Gasteiger partial charge in [-0.1, -0.05) is 82.2 Å². The number of unbranched alkanes of at least 4 members (excludes halogenated alkanes) is 8. The Morgan fingerprint density at radius 1 is 0.622 bits per heavy atom. The third-order valence-corrected chi connectivity index (χ3v) is 7.67. The fourth-order valence-corrected chi connectivity index (χ4v) is 5.12. The van der Waals surface area contributed by atoms with Gasteiger partial charge in [-0.05, 0) is 99.5 Å². The van der Waals surface area contributed by atoms with Crippen molar-refractivity contribution in [2.24, 2.45) is 0 Å². The number of ether oxygens (including phenoxy) is 5. The van der Waals surface area contributed by atoms with E-state index in [0.717, 1.165) is 67.6 Å². The second-order valence-corrected chi connectivity index (χ2v) is 11.4. The molecule has 0 unspecified atom stereocenters. The molecule has 0 aliphatic heterocycles. The topological polar surface area (TPSA) is 63.2 Å². The Balaban J connectivity index is 1.37. The largest absolute Gasteiger partial charge is 0.494 e. The highest BCUT2D eigenvalue weighted by Gasteiger charge is 2.16. The Hall–Kier alpha value is -3.35. The van der Waals surface area contributed by atoms with Crippen LogP contribution < -0.4 is 14.2 Å². The van der Waals surface area contributed by atoms with E-state index >= 15 is 0 Å². The first kappa shape index (κ1) is 36.1. The zero-order valence-electron chi connectivity index (χ0n) is 28.0. The molecule has 0 aliphatic rings. The van der Waals surface area contributed by atoms with E-state index in [0.29, 0.717) is 36.9 Å². The molecule has 0 aliphatic carbocycles. The number of hydrogen-bond acceptors (Lipinski definition) is 6. The Bertz CT molecular complexity index is 1220. The molecule has 0 amide bonds. The fraction of sp³-hybridized carbons (Fsp3) is 0.513.